The Hall–Kier alpha value is -2.06. The molecule has 1 aromatic rings. The number of hydrogen-bond donors (Lipinski definition) is 0. The van der Waals surface area contributed by atoms with Crippen molar-refractivity contribution in [3.8, 4) is 6.07 Å². The van der Waals surface area contributed by atoms with Crippen LogP contribution in [-0.4, -0.2) is 34.8 Å². The first-order chi connectivity index (χ1) is 12.8. The van der Waals surface area contributed by atoms with Gasteiger partial charge < -0.3 is 9.47 Å². The zero-order chi connectivity index (χ0) is 19.5. The molecule has 2 unspecified atom stereocenters. The lowest BCUT2D eigenvalue weighted by Crippen LogP contribution is -2.49. The van der Waals surface area contributed by atoms with Crippen molar-refractivity contribution >= 4 is 6.09 Å². The lowest BCUT2D eigenvalue weighted by Gasteiger charge is -2.38. The topological polar surface area (TPSA) is 62.6 Å². The van der Waals surface area contributed by atoms with Gasteiger partial charge in [0.05, 0.1) is 25.3 Å². The summed E-state index contributed by atoms with van der Waals surface area (Å²) in [5.74, 6) is 0.516. The van der Waals surface area contributed by atoms with Gasteiger partial charge in [0.15, 0.2) is 0 Å². The Morgan fingerprint density at radius 3 is 2.56 bits per heavy atom. The number of ether oxygens (including phenoxy) is 2. The smallest absolute Gasteiger partial charge is 0.411 e. The van der Waals surface area contributed by atoms with Gasteiger partial charge in [-0.1, -0.05) is 49.6 Å². The van der Waals surface area contributed by atoms with E-state index in [1.807, 2.05) is 51.1 Å². The number of rotatable bonds is 5. The summed E-state index contributed by atoms with van der Waals surface area (Å²) in [6, 6.07) is 12.4. The summed E-state index contributed by atoms with van der Waals surface area (Å²) >= 11 is 0. The Balaban J connectivity index is 1.73. The minimum absolute atomic E-state index is 0.155. The van der Waals surface area contributed by atoms with Gasteiger partial charge >= 0.3 is 6.09 Å². The summed E-state index contributed by atoms with van der Waals surface area (Å²) in [5, 5.41) is 10.1. The summed E-state index contributed by atoms with van der Waals surface area (Å²) in [5.41, 5.74) is -0.318. The fraction of sp³-hybridized carbons (Fsp3) is 0.636. The number of benzene rings is 1. The molecule has 146 valence electrons. The van der Waals surface area contributed by atoms with Crippen LogP contribution in [0.1, 0.15) is 58.4 Å². The largest absolute Gasteiger partial charge is 0.444 e. The van der Waals surface area contributed by atoms with Crippen LogP contribution in [0.25, 0.3) is 0 Å². The summed E-state index contributed by atoms with van der Waals surface area (Å²) < 4.78 is 11.7. The molecule has 1 saturated heterocycles. The SMILES string of the molecule is CC(C)(C)OC(=O)N1CC(OCc2ccccc2)CC1(C#N)CC1CCC1. The molecule has 0 radical (unpaired) electrons. The third kappa shape index (κ3) is 4.81. The van der Waals surface area contributed by atoms with Crippen LogP contribution >= 0.6 is 0 Å². The minimum Gasteiger partial charge on any atom is -0.444 e. The van der Waals surface area contributed by atoms with E-state index in [9.17, 15) is 10.1 Å². The van der Waals surface area contributed by atoms with Crippen LogP contribution in [0, 0.1) is 17.2 Å². The molecular formula is C22H30N2O3. The Morgan fingerprint density at radius 1 is 1.30 bits per heavy atom. The highest BCUT2D eigenvalue weighted by Crippen LogP contribution is 2.42. The van der Waals surface area contributed by atoms with Crippen molar-refractivity contribution in [1.29, 1.82) is 5.26 Å². The van der Waals surface area contributed by atoms with Crippen molar-refractivity contribution in [2.45, 2.75) is 76.7 Å². The molecule has 1 saturated carbocycles. The Morgan fingerprint density at radius 2 is 2.00 bits per heavy atom. The van der Waals surface area contributed by atoms with Crippen LogP contribution in [0.3, 0.4) is 0 Å². The van der Waals surface area contributed by atoms with Gasteiger partial charge in [-0.05, 0) is 38.7 Å². The predicted molar refractivity (Wildman–Crippen MR) is 103 cm³/mol. The number of hydrogen-bond acceptors (Lipinski definition) is 4. The van der Waals surface area contributed by atoms with Gasteiger partial charge in [-0.2, -0.15) is 5.26 Å². The van der Waals surface area contributed by atoms with Gasteiger partial charge in [0.2, 0.25) is 0 Å². The number of nitriles is 1. The third-order valence-corrected chi connectivity index (χ3v) is 5.47. The fourth-order valence-corrected chi connectivity index (χ4v) is 3.92. The van der Waals surface area contributed by atoms with Crippen LogP contribution in [-0.2, 0) is 16.1 Å². The van der Waals surface area contributed by atoms with E-state index in [4.69, 9.17) is 9.47 Å². The highest BCUT2D eigenvalue weighted by atomic mass is 16.6. The summed E-state index contributed by atoms with van der Waals surface area (Å²) in [6.45, 7) is 6.44. The lowest BCUT2D eigenvalue weighted by molar-refractivity contribution is 0.00739. The second-order valence-electron chi connectivity index (χ2n) is 8.86. The van der Waals surface area contributed by atoms with E-state index in [0.29, 0.717) is 31.9 Å². The maximum absolute atomic E-state index is 12.8. The standard InChI is InChI=1S/C22H30N2O3/c1-21(2,3)27-20(25)24-14-19(26-15-18-8-5-4-6-9-18)13-22(24,16-23)12-17-10-7-11-17/h4-6,8-9,17,19H,7,10-15H2,1-3H3. The number of carbonyl (C=O) groups excluding carboxylic acids is 1. The first kappa shape index (κ1) is 19.7. The first-order valence-corrected chi connectivity index (χ1v) is 9.89. The van der Waals surface area contributed by atoms with Gasteiger partial charge in [-0.15, -0.1) is 0 Å². The second kappa shape index (κ2) is 7.90. The highest BCUT2D eigenvalue weighted by molar-refractivity contribution is 5.70. The third-order valence-electron chi connectivity index (χ3n) is 5.47. The molecule has 5 nitrogen and oxygen atoms in total. The van der Waals surface area contributed by atoms with E-state index in [1.54, 1.807) is 4.90 Å². The molecule has 1 aliphatic carbocycles. The monoisotopic (exact) mass is 370 g/mol. The first-order valence-electron chi connectivity index (χ1n) is 9.89. The second-order valence-corrected chi connectivity index (χ2v) is 8.86. The molecule has 27 heavy (non-hydrogen) atoms. The maximum Gasteiger partial charge on any atom is 0.411 e. The average molecular weight is 370 g/mol. The molecule has 1 aromatic carbocycles. The normalized spacial score (nSPS) is 25.7. The van der Waals surface area contributed by atoms with Crippen LogP contribution in [0.15, 0.2) is 30.3 Å². The minimum atomic E-state index is -0.825. The summed E-state index contributed by atoms with van der Waals surface area (Å²) in [6.07, 6.45) is 4.20. The molecule has 1 heterocycles. The number of amides is 1. The van der Waals surface area contributed by atoms with Gasteiger partial charge in [0, 0.05) is 6.42 Å². The van der Waals surface area contributed by atoms with Crippen molar-refractivity contribution in [3.05, 3.63) is 35.9 Å². The number of carbonyl (C=O) groups is 1. The van der Waals surface area contributed by atoms with Crippen LogP contribution in [0.5, 0.6) is 0 Å². The predicted octanol–water partition coefficient (Wildman–Crippen LogP) is 4.67. The van der Waals surface area contributed by atoms with E-state index in [1.165, 1.54) is 6.42 Å². The molecule has 0 N–H and O–H groups in total. The Bertz CT molecular complexity index is 688. The van der Waals surface area contributed by atoms with E-state index < -0.39 is 17.2 Å². The molecular weight excluding hydrogens is 340 g/mol. The Labute approximate surface area is 162 Å². The average Bonchev–Trinajstić information content (AvgIpc) is 2.95. The number of nitrogens with zero attached hydrogens (tertiary/aromatic N) is 2. The maximum atomic E-state index is 12.8. The van der Waals surface area contributed by atoms with Gasteiger partial charge in [-0.3, -0.25) is 4.90 Å². The molecule has 3 rings (SSSR count). The molecule has 0 aromatic heterocycles. The van der Waals surface area contributed by atoms with Crippen molar-refractivity contribution in [3.63, 3.8) is 0 Å². The van der Waals surface area contributed by atoms with E-state index in [-0.39, 0.29) is 6.10 Å². The highest BCUT2D eigenvalue weighted by Gasteiger charge is 2.51. The molecule has 0 spiro atoms. The molecule has 0 bridgehead atoms. The van der Waals surface area contributed by atoms with E-state index in [2.05, 4.69) is 6.07 Å². The molecule has 2 aliphatic rings. The molecule has 1 aliphatic heterocycles. The van der Waals surface area contributed by atoms with Crippen molar-refractivity contribution in [2.24, 2.45) is 5.92 Å². The number of likely N-dealkylation sites (tertiary alicyclic amines) is 1. The van der Waals surface area contributed by atoms with Crippen molar-refractivity contribution < 1.29 is 14.3 Å². The van der Waals surface area contributed by atoms with Crippen LogP contribution in [0.2, 0.25) is 0 Å². The van der Waals surface area contributed by atoms with Crippen LogP contribution < -0.4 is 0 Å². The zero-order valence-corrected chi connectivity index (χ0v) is 16.6. The summed E-state index contributed by atoms with van der Waals surface area (Å²) in [4.78, 5) is 14.5. The van der Waals surface area contributed by atoms with Crippen molar-refractivity contribution in [1.82, 2.24) is 4.90 Å². The molecule has 5 heteroatoms. The molecule has 2 atom stereocenters. The van der Waals surface area contributed by atoms with Gasteiger partial charge in [0.25, 0.3) is 0 Å². The Kier molecular flexibility index (Phi) is 5.76. The van der Waals surface area contributed by atoms with Crippen LogP contribution in [0.4, 0.5) is 4.79 Å². The van der Waals surface area contributed by atoms with Gasteiger partial charge in [-0.25, -0.2) is 4.79 Å². The summed E-state index contributed by atoms with van der Waals surface area (Å²) in [7, 11) is 0. The fourth-order valence-electron chi connectivity index (χ4n) is 3.92. The van der Waals surface area contributed by atoms with Gasteiger partial charge in [0.1, 0.15) is 11.1 Å². The van der Waals surface area contributed by atoms with E-state index in [0.717, 1.165) is 18.4 Å². The molecule has 1 amide bonds. The van der Waals surface area contributed by atoms with Crippen molar-refractivity contribution in [2.75, 3.05) is 6.54 Å². The van der Waals surface area contributed by atoms with E-state index >= 15 is 0 Å². The quantitative estimate of drug-likeness (QED) is 0.756. The lowest BCUT2D eigenvalue weighted by atomic mass is 9.75. The molecule has 2 fully saturated rings. The zero-order valence-electron chi connectivity index (χ0n) is 16.6.